The fraction of sp³-hybridized carbons (Fsp3) is 0.294. The summed E-state index contributed by atoms with van der Waals surface area (Å²) in [5, 5.41) is 5.34. The third-order valence-electron chi connectivity index (χ3n) is 3.49. The van der Waals surface area contributed by atoms with Crippen LogP contribution in [-0.4, -0.2) is 32.5 Å². The molecule has 8 heteroatoms. The van der Waals surface area contributed by atoms with E-state index in [1.165, 1.54) is 18.4 Å². The molecule has 7 nitrogen and oxygen atoms in total. The van der Waals surface area contributed by atoms with Crippen LogP contribution < -0.4 is 10.6 Å². The fourth-order valence-electron chi connectivity index (χ4n) is 2.08. The van der Waals surface area contributed by atoms with Gasteiger partial charge < -0.3 is 15.1 Å². The smallest absolute Gasteiger partial charge is 0.286 e. The topological polar surface area (TPSA) is 105 Å². The first kappa shape index (κ1) is 18.7. The molecule has 0 saturated heterocycles. The Morgan fingerprint density at radius 2 is 1.84 bits per heavy atom. The van der Waals surface area contributed by atoms with Crippen LogP contribution >= 0.6 is 0 Å². The highest BCUT2D eigenvalue weighted by Gasteiger charge is 2.11. The molecule has 1 aromatic carbocycles. The average molecular weight is 364 g/mol. The summed E-state index contributed by atoms with van der Waals surface area (Å²) in [6.07, 6.45) is 2.12. The molecule has 0 atom stereocenters. The number of rotatable bonds is 8. The van der Waals surface area contributed by atoms with Gasteiger partial charge in [0.1, 0.15) is 0 Å². The molecule has 0 radical (unpaired) electrons. The Kier molecular flexibility index (Phi) is 6.35. The van der Waals surface area contributed by atoms with Crippen molar-refractivity contribution in [1.29, 1.82) is 0 Å². The van der Waals surface area contributed by atoms with Crippen molar-refractivity contribution in [2.24, 2.45) is 0 Å². The van der Waals surface area contributed by atoms with Crippen LogP contribution in [0.1, 0.15) is 30.3 Å². The summed E-state index contributed by atoms with van der Waals surface area (Å²) in [6, 6.07) is 9.23. The quantitative estimate of drug-likeness (QED) is 0.699. The molecule has 0 aliphatic rings. The summed E-state index contributed by atoms with van der Waals surface area (Å²) in [4.78, 5) is 23.7. The largest absolute Gasteiger partial charge is 0.459 e. The first-order valence-electron chi connectivity index (χ1n) is 7.87. The van der Waals surface area contributed by atoms with Gasteiger partial charge in [-0.25, -0.2) is 8.42 Å². The summed E-state index contributed by atoms with van der Waals surface area (Å²) in [6.45, 7) is 1.93. The van der Waals surface area contributed by atoms with Crippen LogP contribution in [0.2, 0.25) is 0 Å². The number of hydrogen-bond acceptors (Lipinski definition) is 5. The van der Waals surface area contributed by atoms with Gasteiger partial charge in [-0.05, 0) is 42.8 Å². The van der Waals surface area contributed by atoms with E-state index in [2.05, 4.69) is 10.6 Å². The summed E-state index contributed by atoms with van der Waals surface area (Å²) < 4.78 is 28.4. The molecule has 0 spiro atoms. The number of sulfone groups is 1. The molecule has 134 valence electrons. The predicted octanol–water partition coefficient (Wildman–Crippen LogP) is 2.22. The minimum absolute atomic E-state index is 0.0302. The number of furan rings is 1. The molecule has 2 amide bonds. The van der Waals surface area contributed by atoms with Gasteiger partial charge in [0.05, 0.1) is 16.9 Å². The van der Waals surface area contributed by atoms with E-state index in [0.29, 0.717) is 18.7 Å². The molecule has 0 bridgehead atoms. The molecular formula is C17H20N2O5S. The van der Waals surface area contributed by atoms with Gasteiger partial charge in [-0.15, -0.1) is 0 Å². The number of carbonyl (C=O) groups is 2. The van der Waals surface area contributed by atoms with Crippen LogP contribution in [0, 0.1) is 0 Å². The lowest BCUT2D eigenvalue weighted by Gasteiger charge is -2.07. The van der Waals surface area contributed by atoms with Crippen molar-refractivity contribution < 1.29 is 22.4 Å². The van der Waals surface area contributed by atoms with E-state index in [1.54, 1.807) is 31.2 Å². The highest BCUT2D eigenvalue weighted by Crippen LogP contribution is 2.15. The van der Waals surface area contributed by atoms with E-state index in [4.69, 9.17) is 4.42 Å². The van der Waals surface area contributed by atoms with Gasteiger partial charge in [0.2, 0.25) is 5.91 Å². The summed E-state index contributed by atoms with van der Waals surface area (Å²) in [7, 11) is -3.25. The van der Waals surface area contributed by atoms with Crippen molar-refractivity contribution in [1.82, 2.24) is 5.32 Å². The molecule has 1 heterocycles. The molecular weight excluding hydrogens is 344 g/mol. The van der Waals surface area contributed by atoms with Crippen molar-refractivity contribution in [2.45, 2.75) is 24.7 Å². The van der Waals surface area contributed by atoms with Crippen LogP contribution in [0.5, 0.6) is 0 Å². The van der Waals surface area contributed by atoms with Crippen LogP contribution in [0.4, 0.5) is 5.69 Å². The van der Waals surface area contributed by atoms with Crippen molar-refractivity contribution in [3.05, 3.63) is 48.4 Å². The Hall–Kier alpha value is -2.61. The second-order valence-electron chi connectivity index (χ2n) is 5.31. The normalized spacial score (nSPS) is 11.1. The lowest BCUT2D eigenvalue weighted by Crippen LogP contribution is -2.25. The SMILES string of the molecule is CCS(=O)(=O)c1ccc(NC(=O)CCCNC(=O)c2ccco2)cc1. The van der Waals surface area contributed by atoms with E-state index in [-0.39, 0.29) is 34.6 Å². The highest BCUT2D eigenvalue weighted by atomic mass is 32.2. The maximum Gasteiger partial charge on any atom is 0.286 e. The lowest BCUT2D eigenvalue weighted by molar-refractivity contribution is -0.116. The minimum Gasteiger partial charge on any atom is -0.459 e. The second-order valence-corrected chi connectivity index (χ2v) is 7.59. The van der Waals surface area contributed by atoms with Gasteiger partial charge in [0.15, 0.2) is 15.6 Å². The third-order valence-corrected chi connectivity index (χ3v) is 5.24. The van der Waals surface area contributed by atoms with Crippen LogP contribution in [-0.2, 0) is 14.6 Å². The van der Waals surface area contributed by atoms with E-state index >= 15 is 0 Å². The van der Waals surface area contributed by atoms with Gasteiger partial charge in [0, 0.05) is 18.7 Å². The zero-order valence-corrected chi connectivity index (χ0v) is 14.6. The summed E-state index contributed by atoms with van der Waals surface area (Å²) in [5.41, 5.74) is 0.527. The molecule has 2 aromatic rings. The van der Waals surface area contributed by atoms with Crippen molar-refractivity contribution in [2.75, 3.05) is 17.6 Å². The molecule has 2 N–H and O–H groups in total. The van der Waals surface area contributed by atoms with Gasteiger partial charge in [-0.3, -0.25) is 9.59 Å². The van der Waals surface area contributed by atoms with Crippen molar-refractivity contribution >= 4 is 27.3 Å². The molecule has 1 aromatic heterocycles. The molecule has 0 unspecified atom stereocenters. The van der Waals surface area contributed by atoms with Crippen LogP contribution in [0.15, 0.2) is 52.0 Å². The Bertz CT molecular complexity index is 811. The Balaban J connectivity index is 1.74. The molecule has 0 fully saturated rings. The van der Waals surface area contributed by atoms with E-state index < -0.39 is 9.84 Å². The zero-order valence-electron chi connectivity index (χ0n) is 13.8. The first-order valence-corrected chi connectivity index (χ1v) is 9.52. The predicted molar refractivity (Wildman–Crippen MR) is 93.1 cm³/mol. The Morgan fingerprint density at radius 1 is 1.12 bits per heavy atom. The van der Waals surface area contributed by atoms with E-state index in [1.807, 2.05) is 0 Å². The van der Waals surface area contributed by atoms with Crippen molar-refractivity contribution in [3.8, 4) is 0 Å². The summed E-state index contributed by atoms with van der Waals surface area (Å²) in [5.74, 6) is -0.273. The van der Waals surface area contributed by atoms with Gasteiger partial charge in [-0.1, -0.05) is 6.92 Å². The number of anilines is 1. The zero-order chi connectivity index (χ0) is 18.3. The number of nitrogens with one attached hydrogen (secondary N) is 2. The minimum atomic E-state index is -3.25. The second kappa shape index (κ2) is 8.48. The Morgan fingerprint density at radius 3 is 2.44 bits per heavy atom. The molecule has 0 aliphatic heterocycles. The molecule has 2 rings (SSSR count). The highest BCUT2D eigenvalue weighted by molar-refractivity contribution is 7.91. The maximum absolute atomic E-state index is 11.9. The van der Waals surface area contributed by atoms with Crippen molar-refractivity contribution in [3.63, 3.8) is 0 Å². The lowest BCUT2D eigenvalue weighted by atomic mass is 10.2. The number of carbonyl (C=O) groups excluding carboxylic acids is 2. The monoisotopic (exact) mass is 364 g/mol. The third kappa shape index (κ3) is 5.46. The fourth-order valence-corrected chi connectivity index (χ4v) is 2.97. The maximum atomic E-state index is 11.9. The number of benzene rings is 1. The van der Waals surface area contributed by atoms with Crippen LogP contribution in [0.3, 0.4) is 0 Å². The molecule has 0 aliphatic carbocycles. The van der Waals surface area contributed by atoms with Gasteiger partial charge in [0.25, 0.3) is 5.91 Å². The van der Waals surface area contributed by atoms with Gasteiger partial charge in [-0.2, -0.15) is 0 Å². The molecule has 25 heavy (non-hydrogen) atoms. The number of hydrogen-bond donors (Lipinski definition) is 2. The van der Waals surface area contributed by atoms with E-state index in [9.17, 15) is 18.0 Å². The van der Waals surface area contributed by atoms with Gasteiger partial charge >= 0.3 is 0 Å². The van der Waals surface area contributed by atoms with E-state index in [0.717, 1.165) is 0 Å². The average Bonchev–Trinajstić information content (AvgIpc) is 3.14. The number of amides is 2. The summed E-state index contributed by atoms with van der Waals surface area (Å²) >= 11 is 0. The first-order chi connectivity index (χ1) is 11.9. The molecule has 0 saturated carbocycles. The van der Waals surface area contributed by atoms with Crippen LogP contribution in [0.25, 0.3) is 0 Å². The standard InChI is InChI=1S/C17H20N2O5S/c1-2-25(22,23)14-9-7-13(8-10-14)19-16(20)6-3-11-18-17(21)15-5-4-12-24-15/h4-5,7-10,12H,2-3,6,11H2,1H3,(H,18,21)(H,19,20). The Labute approximate surface area is 146 Å².